The average molecular weight is 389 g/mol. The number of amides is 1. The minimum Gasteiger partial charge on any atom is -0.321 e. The number of carbonyl (C=O) groups is 1. The Bertz CT molecular complexity index is 1020. The zero-order valence-corrected chi connectivity index (χ0v) is 15.3. The Morgan fingerprint density at radius 1 is 1.15 bits per heavy atom. The summed E-state index contributed by atoms with van der Waals surface area (Å²) in [6.07, 6.45) is 0.704. The standard InChI is InChI=1S/C19H17F2N3O2S/c1-2-11-24-18(26)15-6-4-3-5-14(15)16(23-24)17(25)22-12-7-9-13(10-8-12)27-19(20)21/h3-10,19H,2,11H2,1H3,(H,22,25). The molecule has 0 bridgehead atoms. The third-order valence-electron chi connectivity index (χ3n) is 3.86. The van der Waals surface area contributed by atoms with Gasteiger partial charge in [0.1, 0.15) is 0 Å². The molecule has 0 atom stereocenters. The van der Waals surface area contributed by atoms with Crippen molar-refractivity contribution in [2.45, 2.75) is 30.5 Å². The van der Waals surface area contributed by atoms with Crippen LogP contribution in [-0.4, -0.2) is 21.4 Å². The molecule has 5 nitrogen and oxygen atoms in total. The maximum Gasteiger partial charge on any atom is 0.288 e. The highest BCUT2D eigenvalue weighted by Crippen LogP contribution is 2.26. The number of aryl methyl sites for hydroxylation is 1. The van der Waals surface area contributed by atoms with Gasteiger partial charge < -0.3 is 5.32 Å². The van der Waals surface area contributed by atoms with Crippen molar-refractivity contribution in [1.29, 1.82) is 0 Å². The molecule has 0 aliphatic carbocycles. The highest BCUT2D eigenvalue weighted by Gasteiger charge is 2.16. The van der Waals surface area contributed by atoms with Crippen molar-refractivity contribution in [2.24, 2.45) is 0 Å². The second kappa shape index (κ2) is 8.30. The van der Waals surface area contributed by atoms with Gasteiger partial charge in [-0.25, -0.2) is 4.68 Å². The van der Waals surface area contributed by atoms with Gasteiger partial charge in [0, 0.05) is 22.5 Å². The molecule has 0 saturated heterocycles. The first-order valence-electron chi connectivity index (χ1n) is 8.35. The SMILES string of the molecule is CCCn1nc(C(=O)Nc2ccc(SC(F)F)cc2)c2ccccc2c1=O. The van der Waals surface area contributed by atoms with Crippen molar-refractivity contribution >= 4 is 34.1 Å². The molecule has 0 aliphatic rings. The molecule has 3 rings (SSSR count). The van der Waals surface area contributed by atoms with Crippen molar-refractivity contribution in [1.82, 2.24) is 9.78 Å². The lowest BCUT2D eigenvalue weighted by Gasteiger charge is -2.11. The number of anilines is 1. The molecular weight excluding hydrogens is 372 g/mol. The van der Waals surface area contributed by atoms with Crippen LogP contribution in [0.2, 0.25) is 0 Å². The van der Waals surface area contributed by atoms with Crippen molar-refractivity contribution in [2.75, 3.05) is 5.32 Å². The summed E-state index contributed by atoms with van der Waals surface area (Å²) >= 11 is 0.437. The van der Waals surface area contributed by atoms with E-state index >= 15 is 0 Å². The Balaban J connectivity index is 1.93. The molecule has 0 aliphatic heterocycles. The summed E-state index contributed by atoms with van der Waals surface area (Å²) in [4.78, 5) is 25.6. The smallest absolute Gasteiger partial charge is 0.288 e. The van der Waals surface area contributed by atoms with E-state index in [0.717, 1.165) is 0 Å². The third-order valence-corrected chi connectivity index (χ3v) is 4.58. The van der Waals surface area contributed by atoms with Gasteiger partial charge in [0.2, 0.25) is 0 Å². The molecule has 8 heteroatoms. The van der Waals surface area contributed by atoms with Crippen LogP contribution in [0.25, 0.3) is 10.8 Å². The van der Waals surface area contributed by atoms with Gasteiger partial charge in [-0.15, -0.1) is 0 Å². The van der Waals surface area contributed by atoms with Crippen LogP contribution >= 0.6 is 11.8 Å². The van der Waals surface area contributed by atoms with Crippen molar-refractivity contribution in [3.63, 3.8) is 0 Å². The summed E-state index contributed by atoms with van der Waals surface area (Å²) in [7, 11) is 0. The predicted octanol–water partition coefficient (Wildman–Crippen LogP) is 4.37. The molecule has 140 valence electrons. The third kappa shape index (κ3) is 4.33. The van der Waals surface area contributed by atoms with Crippen LogP contribution in [0.1, 0.15) is 23.8 Å². The molecule has 0 radical (unpaired) electrons. The van der Waals surface area contributed by atoms with Crippen LogP contribution < -0.4 is 10.9 Å². The highest BCUT2D eigenvalue weighted by atomic mass is 32.2. The molecule has 1 heterocycles. The number of nitrogens with one attached hydrogen (secondary N) is 1. The Labute approximate surface area is 158 Å². The number of aromatic nitrogens is 2. The number of fused-ring (bicyclic) bond motifs is 1. The summed E-state index contributed by atoms with van der Waals surface area (Å²) in [5, 5.41) is 7.83. The van der Waals surface area contributed by atoms with Gasteiger partial charge in [-0.05, 0) is 36.8 Å². The summed E-state index contributed by atoms with van der Waals surface area (Å²) in [5.74, 6) is -2.97. The van der Waals surface area contributed by atoms with E-state index in [-0.39, 0.29) is 11.3 Å². The van der Waals surface area contributed by atoms with E-state index < -0.39 is 11.7 Å². The van der Waals surface area contributed by atoms with E-state index in [1.807, 2.05) is 6.92 Å². The van der Waals surface area contributed by atoms with Gasteiger partial charge in [-0.3, -0.25) is 9.59 Å². The molecule has 0 fully saturated rings. The Morgan fingerprint density at radius 2 is 1.81 bits per heavy atom. The largest absolute Gasteiger partial charge is 0.321 e. The number of nitrogens with zero attached hydrogens (tertiary/aromatic N) is 2. The number of carbonyl (C=O) groups excluding carboxylic acids is 1. The molecule has 2 aromatic carbocycles. The van der Waals surface area contributed by atoms with Gasteiger partial charge in [0.15, 0.2) is 5.69 Å². The zero-order valence-electron chi connectivity index (χ0n) is 14.5. The first-order valence-corrected chi connectivity index (χ1v) is 9.23. The Hall–Kier alpha value is -2.74. The summed E-state index contributed by atoms with van der Waals surface area (Å²) < 4.78 is 26.1. The minimum absolute atomic E-state index is 0.143. The first kappa shape index (κ1) is 19.0. The van der Waals surface area contributed by atoms with Crippen molar-refractivity contribution < 1.29 is 13.6 Å². The topological polar surface area (TPSA) is 64.0 Å². The van der Waals surface area contributed by atoms with Gasteiger partial charge in [-0.2, -0.15) is 13.9 Å². The minimum atomic E-state index is -2.50. The highest BCUT2D eigenvalue weighted by molar-refractivity contribution is 7.99. The molecule has 1 amide bonds. The van der Waals surface area contributed by atoms with Gasteiger partial charge in [0.25, 0.3) is 17.2 Å². The van der Waals surface area contributed by atoms with Gasteiger partial charge in [-0.1, -0.05) is 36.9 Å². The lowest BCUT2D eigenvalue weighted by molar-refractivity contribution is 0.102. The fourth-order valence-corrected chi connectivity index (χ4v) is 3.18. The van der Waals surface area contributed by atoms with Crippen LogP contribution in [0.15, 0.2) is 58.2 Å². The molecule has 27 heavy (non-hydrogen) atoms. The number of hydrogen-bond donors (Lipinski definition) is 1. The average Bonchev–Trinajstić information content (AvgIpc) is 2.65. The fourth-order valence-electron chi connectivity index (χ4n) is 2.68. The molecule has 1 aromatic heterocycles. The summed E-state index contributed by atoms with van der Waals surface area (Å²) in [6.45, 7) is 2.32. The number of alkyl halides is 2. The quantitative estimate of drug-likeness (QED) is 0.636. The van der Waals surface area contributed by atoms with Crippen LogP contribution in [0.3, 0.4) is 0 Å². The molecule has 3 aromatic rings. The maximum absolute atomic E-state index is 12.7. The predicted molar refractivity (Wildman–Crippen MR) is 103 cm³/mol. The van der Waals surface area contributed by atoms with Gasteiger partial charge in [0.05, 0.1) is 5.39 Å². The molecule has 0 saturated carbocycles. The fraction of sp³-hybridized carbons (Fsp3) is 0.211. The van der Waals surface area contributed by atoms with E-state index in [1.165, 1.54) is 16.8 Å². The monoisotopic (exact) mass is 389 g/mol. The zero-order chi connectivity index (χ0) is 19.4. The second-order valence-corrected chi connectivity index (χ2v) is 6.84. The second-order valence-electron chi connectivity index (χ2n) is 5.78. The van der Waals surface area contributed by atoms with E-state index in [4.69, 9.17) is 0 Å². The van der Waals surface area contributed by atoms with E-state index in [2.05, 4.69) is 10.4 Å². The molecule has 0 spiro atoms. The number of halogens is 2. The number of thioether (sulfide) groups is 1. The van der Waals surface area contributed by atoms with Crippen LogP contribution in [0.5, 0.6) is 0 Å². The summed E-state index contributed by atoms with van der Waals surface area (Å²) in [6, 6.07) is 12.9. The van der Waals surface area contributed by atoms with Crippen molar-refractivity contribution in [3.05, 3.63) is 64.6 Å². The van der Waals surface area contributed by atoms with Crippen LogP contribution in [0.4, 0.5) is 14.5 Å². The van der Waals surface area contributed by atoms with Crippen LogP contribution in [0, 0.1) is 0 Å². The molecule has 1 N–H and O–H groups in total. The summed E-state index contributed by atoms with van der Waals surface area (Å²) in [5.41, 5.74) is 0.361. The normalized spacial score (nSPS) is 11.1. The van der Waals surface area contributed by atoms with Crippen LogP contribution in [-0.2, 0) is 6.54 Å². The van der Waals surface area contributed by atoms with Gasteiger partial charge >= 0.3 is 0 Å². The number of benzene rings is 2. The number of rotatable bonds is 6. The lowest BCUT2D eigenvalue weighted by atomic mass is 10.1. The van der Waals surface area contributed by atoms with E-state index in [9.17, 15) is 18.4 Å². The molecular formula is C19H17F2N3O2S. The first-order chi connectivity index (χ1) is 13.0. The molecule has 0 unspecified atom stereocenters. The van der Waals surface area contributed by atoms with E-state index in [1.54, 1.807) is 36.4 Å². The maximum atomic E-state index is 12.7. The Morgan fingerprint density at radius 3 is 2.44 bits per heavy atom. The lowest BCUT2D eigenvalue weighted by Crippen LogP contribution is -2.27. The Kier molecular flexibility index (Phi) is 5.85. The van der Waals surface area contributed by atoms with E-state index in [0.29, 0.717) is 46.1 Å². The number of hydrogen-bond acceptors (Lipinski definition) is 4. The van der Waals surface area contributed by atoms with Crippen molar-refractivity contribution in [3.8, 4) is 0 Å².